The van der Waals surface area contributed by atoms with Gasteiger partial charge in [0.15, 0.2) is 6.61 Å². The number of carbonyl (C=O) groups excluding carboxylic acids is 2. The van der Waals surface area contributed by atoms with Crippen LogP contribution >= 0.6 is 0 Å². The highest BCUT2D eigenvalue weighted by Crippen LogP contribution is 2.20. The van der Waals surface area contributed by atoms with Crippen LogP contribution in [0, 0.1) is 34.6 Å². The quantitative estimate of drug-likeness (QED) is 0.460. The highest BCUT2D eigenvalue weighted by Gasteiger charge is 2.20. The number of ketones is 1. The highest BCUT2D eigenvalue weighted by atomic mass is 16.5. The second-order valence-electron chi connectivity index (χ2n) is 7.22. The summed E-state index contributed by atoms with van der Waals surface area (Å²) in [6.45, 7) is 9.84. The third-order valence-corrected chi connectivity index (χ3v) is 4.98. The molecule has 2 aromatic heterocycles. The SMILES string of the molecule is Cc1cc(C)c(C(=O)OCC(=O)c2cc(C)n(Cc3ccco3)c2C)c(C)c1. The zero-order valence-electron chi connectivity index (χ0n) is 17.0. The van der Waals surface area contributed by atoms with E-state index in [1.807, 2.05) is 69.5 Å². The molecule has 5 heteroatoms. The third-order valence-electron chi connectivity index (χ3n) is 4.98. The van der Waals surface area contributed by atoms with Gasteiger partial charge in [-0.15, -0.1) is 0 Å². The van der Waals surface area contributed by atoms with Crippen molar-refractivity contribution in [3.05, 3.63) is 81.6 Å². The summed E-state index contributed by atoms with van der Waals surface area (Å²) in [4.78, 5) is 25.2. The number of hydrogen-bond donors (Lipinski definition) is 0. The molecule has 0 bridgehead atoms. The van der Waals surface area contributed by atoms with Crippen molar-refractivity contribution in [1.82, 2.24) is 4.57 Å². The molecule has 1 aromatic carbocycles. The van der Waals surface area contributed by atoms with Crippen LogP contribution in [0.3, 0.4) is 0 Å². The smallest absolute Gasteiger partial charge is 0.339 e. The molecular weight excluding hydrogens is 354 g/mol. The van der Waals surface area contributed by atoms with Crippen LogP contribution in [0.25, 0.3) is 0 Å². The number of aryl methyl sites for hydroxylation is 4. The van der Waals surface area contributed by atoms with Gasteiger partial charge >= 0.3 is 5.97 Å². The molecule has 0 aliphatic rings. The molecular formula is C23H25NO4. The van der Waals surface area contributed by atoms with Gasteiger partial charge in [0.05, 0.1) is 18.4 Å². The molecule has 5 nitrogen and oxygen atoms in total. The number of benzene rings is 1. The maximum atomic E-state index is 12.7. The van der Waals surface area contributed by atoms with Crippen molar-refractivity contribution in [1.29, 1.82) is 0 Å². The summed E-state index contributed by atoms with van der Waals surface area (Å²) < 4.78 is 12.8. The summed E-state index contributed by atoms with van der Waals surface area (Å²) in [5, 5.41) is 0. The van der Waals surface area contributed by atoms with Crippen LogP contribution in [0.15, 0.2) is 41.0 Å². The summed E-state index contributed by atoms with van der Waals surface area (Å²) in [6, 6.07) is 9.44. The molecule has 28 heavy (non-hydrogen) atoms. The first kappa shape index (κ1) is 19.7. The predicted octanol–water partition coefficient (Wildman–Crippen LogP) is 4.71. The van der Waals surface area contributed by atoms with E-state index in [9.17, 15) is 9.59 Å². The van der Waals surface area contributed by atoms with Gasteiger partial charge in [-0.1, -0.05) is 17.7 Å². The van der Waals surface area contributed by atoms with Crippen LogP contribution in [-0.4, -0.2) is 22.9 Å². The summed E-state index contributed by atoms with van der Waals surface area (Å²) in [7, 11) is 0. The Kier molecular flexibility index (Phi) is 5.54. The number of Topliss-reactive ketones (excluding diaryl/α,β-unsaturated/α-hetero) is 1. The van der Waals surface area contributed by atoms with Gasteiger partial charge in [-0.25, -0.2) is 4.79 Å². The summed E-state index contributed by atoms with van der Waals surface area (Å²) >= 11 is 0. The molecule has 0 atom stereocenters. The average Bonchev–Trinajstić information content (AvgIpc) is 3.22. The summed E-state index contributed by atoms with van der Waals surface area (Å²) in [5.74, 6) is 0.139. The van der Waals surface area contributed by atoms with Crippen LogP contribution < -0.4 is 0 Å². The largest absolute Gasteiger partial charge is 0.467 e. The first-order valence-corrected chi connectivity index (χ1v) is 9.25. The van der Waals surface area contributed by atoms with E-state index in [4.69, 9.17) is 9.15 Å². The first-order chi connectivity index (χ1) is 13.3. The fraction of sp³-hybridized carbons (Fsp3) is 0.304. The van der Waals surface area contributed by atoms with Crippen molar-refractivity contribution in [3.63, 3.8) is 0 Å². The fourth-order valence-corrected chi connectivity index (χ4v) is 3.67. The van der Waals surface area contributed by atoms with Crippen LogP contribution in [0.2, 0.25) is 0 Å². The fourth-order valence-electron chi connectivity index (χ4n) is 3.67. The van der Waals surface area contributed by atoms with Crippen molar-refractivity contribution in [2.24, 2.45) is 0 Å². The van der Waals surface area contributed by atoms with Crippen LogP contribution in [0.1, 0.15) is 54.6 Å². The number of rotatable bonds is 6. The Bertz CT molecular complexity index is 1000. The molecule has 0 saturated carbocycles. The predicted molar refractivity (Wildman–Crippen MR) is 107 cm³/mol. The molecule has 0 aliphatic heterocycles. The Labute approximate surface area is 164 Å². The molecule has 0 aliphatic carbocycles. The monoisotopic (exact) mass is 379 g/mol. The van der Waals surface area contributed by atoms with Gasteiger partial charge in [0.2, 0.25) is 5.78 Å². The zero-order chi connectivity index (χ0) is 20.4. The second kappa shape index (κ2) is 7.89. The number of esters is 1. The van der Waals surface area contributed by atoms with E-state index in [1.54, 1.807) is 6.26 Å². The highest BCUT2D eigenvalue weighted by molar-refractivity contribution is 6.01. The minimum Gasteiger partial charge on any atom is -0.467 e. The van der Waals surface area contributed by atoms with E-state index in [-0.39, 0.29) is 12.4 Å². The van der Waals surface area contributed by atoms with Crippen molar-refractivity contribution in [2.45, 2.75) is 41.2 Å². The van der Waals surface area contributed by atoms with Crippen molar-refractivity contribution in [3.8, 4) is 0 Å². The van der Waals surface area contributed by atoms with Gasteiger partial charge < -0.3 is 13.7 Å². The topological polar surface area (TPSA) is 61.4 Å². The molecule has 0 saturated heterocycles. The Morgan fingerprint density at radius 3 is 2.32 bits per heavy atom. The molecule has 0 N–H and O–H groups in total. The number of hydrogen-bond acceptors (Lipinski definition) is 4. The van der Waals surface area contributed by atoms with Crippen molar-refractivity contribution < 1.29 is 18.7 Å². The first-order valence-electron chi connectivity index (χ1n) is 9.25. The molecule has 3 aromatic rings. The zero-order valence-corrected chi connectivity index (χ0v) is 17.0. The van der Waals surface area contributed by atoms with Gasteiger partial charge in [0.25, 0.3) is 0 Å². The molecule has 0 spiro atoms. The maximum Gasteiger partial charge on any atom is 0.339 e. The Morgan fingerprint density at radius 2 is 1.71 bits per heavy atom. The van der Waals surface area contributed by atoms with E-state index in [0.717, 1.165) is 33.8 Å². The van der Waals surface area contributed by atoms with Crippen molar-refractivity contribution >= 4 is 11.8 Å². The standard InChI is InChI=1S/C23H25NO4/c1-14-9-15(2)22(16(3)10-14)23(26)28-13-21(25)20-11-17(4)24(18(20)5)12-19-7-6-8-27-19/h6-11H,12-13H2,1-5H3. The van der Waals surface area contributed by atoms with Crippen LogP contribution in [-0.2, 0) is 11.3 Å². The number of aromatic nitrogens is 1. The summed E-state index contributed by atoms with van der Waals surface area (Å²) in [5.41, 5.74) is 5.67. The Balaban J connectivity index is 1.73. The minimum atomic E-state index is -0.465. The third kappa shape index (κ3) is 3.93. The number of ether oxygens (including phenoxy) is 1. The lowest BCUT2D eigenvalue weighted by Crippen LogP contribution is -2.17. The van der Waals surface area contributed by atoms with Crippen LogP contribution in [0.5, 0.6) is 0 Å². The Morgan fingerprint density at radius 1 is 1.04 bits per heavy atom. The molecule has 146 valence electrons. The molecule has 3 rings (SSSR count). The lowest BCUT2D eigenvalue weighted by molar-refractivity contribution is 0.0473. The van der Waals surface area contributed by atoms with Gasteiger partial charge in [0, 0.05) is 17.0 Å². The molecule has 0 fully saturated rings. The normalized spacial score (nSPS) is 10.9. The van der Waals surface area contributed by atoms with Gasteiger partial charge in [-0.2, -0.15) is 0 Å². The lowest BCUT2D eigenvalue weighted by atomic mass is 10.00. The number of nitrogens with zero attached hydrogens (tertiary/aromatic N) is 1. The number of furan rings is 1. The average molecular weight is 379 g/mol. The van der Waals surface area contributed by atoms with Gasteiger partial charge in [0.1, 0.15) is 5.76 Å². The van der Waals surface area contributed by atoms with E-state index < -0.39 is 5.97 Å². The Hall–Kier alpha value is -3.08. The maximum absolute atomic E-state index is 12.7. The second-order valence-corrected chi connectivity index (χ2v) is 7.22. The van der Waals surface area contributed by atoms with Gasteiger partial charge in [-0.3, -0.25) is 4.79 Å². The number of carbonyl (C=O) groups is 2. The van der Waals surface area contributed by atoms with E-state index in [2.05, 4.69) is 0 Å². The molecule has 0 amide bonds. The van der Waals surface area contributed by atoms with Gasteiger partial charge in [-0.05, 0) is 63.9 Å². The van der Waals surface area contributed by atoms with E-state index in [0.29, 0.717) is 17.7 Å². The van der Waals surface area contributed by atoms with E-state index in [1.165, 1.54) is 0 Å². The summed E-state index contributed by atoms with van der Waals surface area (Å²) in [6.07, 6.45) is 1.63. The lowest BCUT2D eigenvalue weighted by Gasteiger charge is -2.11. The van der Waals surface area contributed by atoms with E-state index >= 15 is 0 Å². The minimum absolute atomic E-state index is 0.213. The molecule has 2 heterocycles. The van der Waals surface area contributed by atoms with Crippen LogP contribution in [0.4, 0.5) is 0 Å². The van der Waals surface area contributed by atoms with Crippen molar-refractivity contribution in [2.75, 3.05) is 6.61 Å². The molecule has 0 radical (unpaired) electrons. The molecule has 0 unspecified atom stereocenters.